The first-order valence-electron chi connectivity index (χ1n) is 36.2. The fraction of sp³-hybridized carbons (Fsp3) is 0.943. The van der Waals surface area contributed by atoms with Crippen LogP contribution in [0.5, 0.6) is 0 Å². The van der Waals surface area contributed by atoms with Crippen LogP contribution in [0, 0.1) is 23.7 Å². The van der Waals surface area contributed by atoms with Crippen molar-refractivity contribution < 1.29 is 80.2 Å². The molecule has 528 valence electrons. The number of aliphatic hydroxyl groups is 1. The van der Waals surface area contributed by atoms with Crippen LogP contribution in [0.2, 0.25) is 0 Å². The van der Waals surface area contributed by atoms with E-state index >= 15 is 0 Å². The van der Waals surface area contributed by atoms with E-state index in [1.54, 1.807) is 0 Å². The monoisotopic (exact) mass is 1310 g/mol. The summed E-state index contributed by atoms with van der Waals surface area (Å²) in [5.74, 6) is 0.842. The van der Waals surface area contributed by atoms with Crippen LogP contribution in [0.25, 0.3) is 0 Å². The summed E-state index contributed by atoms with van der Waals surface area (Å²) < 4.78 is 68.2. The molecular formula is C70H136O17P2. The van der Waals surface area contributed by atoms with Gasteiger partial charge in [0.05, 0.1) is 26.4 Å². The van der Waals surface area contributed by atoms with Crippen LogP contribution in [-0.2, 0) is 65.4 Å². The number of phosphoric acid groups is 2. The average molecular weight is 1310 g/mol. The summed E-state index contributed by atoms with van der Waals surface area (Å²) in [6.07, 6.45) is 41.8. The van der Waals surface area contributed by atoms with Gasteiger partial charge in [-0.15, -0.1) is 0 Å². The number of carbonyl (C=O) groups excluding carboxylic acids is 4. The highest BCUT2D eigenvalue weighted by Gasteiger charge is 2.30. The third kappa shape index (κ3) is 63.2. The van der Waals surface area contributed by atoms with Crippen LogP contribution in [0.3, 0.4) is 0 Å². The van der Waals surface area contributed by atoms with Gasteiger partial charge in [-0.1, -0.05) is 293 Å². The highest BCUT2D eigenvalue weighted by Crippen LogP contribution is 2.45. The van der Waals surface area contributed by atoms with Gasteiger partial charge in [-0.2, -0.15) is 0 Å². The van der Waals surface area contributed by atoms with Crippen molar-refractivity contribution in [1.29, 1.82) is 0 Å². The van der Waals surface area contributed by atoms with Gasteiger partial charge in [0.1, 0.15) is 19.3 Å². The number of aliphatic hydroxyl groups excluding tert-OH is 1. The van der Waals surface area contributed by atoms with Gasteiger partial charge in [-0.3, -0.25) is 37.3 Å². The van der Waals surface area contributed by atoms with E-state index in [2.05, 4.69) is 55.4 Å². The molecule has 0 saturated heterocycles. The Morgan fingerprint density at radius 3 is 0.798 bits per heavy atom. The predicted molar refractivity (Wildman–Crippen MR) is 358 cm³/mol. The van der Waals surface area contributed by atoms with Gasteiger partial charge in [-0.05, 0) is 49.4 Å². The summed E-state index contributed by atoms with van der Waals surface area (Å²) in [6, 6.07) is 0. The number of rotatable bonds is 67. The van der Waals surface area contributed by atoms with E-state index in [1.807, 2.05) is 0 Å². The molecule has 17 nitrogen and oxygen atoms in total. The molecule has 0 fully saturated rings. The molecule has 19 heteroatoms. The van der Waals surface area contributed by atoms with E-state index < -0.39 is 97.5 Å². The minimum Gasteiger partial charge on any atom is -0.462 e. The van der Waals surface area contributed by atoms with E-state index in [9.17, 15) is 43.2 Å². The maximum absolute atomic E-state index is 13.0. The first-order chi connectivity index (χ1) is 42.6. The largest absolute Gasteiger partial charge is 0.472 e. The van der Waals surface area contributed by atoms with Gasteiger partial charge in [0.2, 0.25) is 0 Å². The lowest BCUT2D eigenvalue weighted by atomic mass is 9.99. The number of unbranched alkanes of at least 4 members (excludes halogenated alkanes) is 32. The van der Waals surface area contributed by atoms with Crippen molar-refractivity contribution in [3.63, 3.8) is 0 Å². The zero-order valence-electron chi connectivity index (χ0n) is 58.1. The number of phosphoric ester groups is 2. The Morgan fingerprint density at radius 1 is 0.315 bits per heavy atom. The second-order valence-corrected chi connectivity index (χ2v) is 29.8. The molecule has 6 atom stereocenters. The molecule has 3 N–H and O–H groups in total. The van der Waals surface area contributed by atoms with Crippen molar-refractivity contribution in [1.82, 2.24) is 0 Å². The van der Waals surface area contributed by atoms with Gasteiger partial charge in [0.25, 0.3) is 0 Å². The second kappa shape index (κ2) is 59.8. The Morgan fingerprint density at radius 2 is 0.539 bits per heavy atom. The molecular weight excluding hydrogens is 1170 g/mol. The maximum Gasteiger partial charge on any atom is 0.472 e. The first kappa shape index (κ1) is 87.1. The molecule has 0 aromatic heterocycles. The van der Waals surface area contributed by atoms with Crippen LogP contribution in [0.1, 0.15) is 344 Å². The smallest absolute Gasteiger partial charge is 0.462 e. The fourth-order valence-corrected chi connectivity index (χ4v) is 12.0. The summed E-state index contributed by atoms with van der Waals surface area (Å²) in [7, 11) is -9.90. The molecule has 0 aliphatic heterocycles. The quantitative estimate of drug-likeness (QED) is 0.0222. The molecule has 0 radical (unpaired) electrons. The number of esters is 4. The van der Waals surface area contributed by atoms with Crippen molar-refractivity contribution in [2.24, 2.45) is 23.7 Å². The lowest BCUT2D eigenvalue weighted by Crippen LogP contribution is -2.30. The van der Waals surface area contributed by atoms with E-state index in [0.29, 0.717) is 37.5 Å². The number of hydrogen-bond donors (Lipinski definition) is 3. The van der Waals surface area contributed by atoms with Crippen molar-refractivity contribution >= 4 is 39.5 Å². The third-order valence-corrected chi connectivity index (χ3v) is 18.3. The fourth-order valence-electron chi connectivity index (χ4n) is 10.5. The van der Waals surface area contributed by atoms with Gasteiger partial charge in [-0.25, -0.2) is 9.13 Å². The predicted octanol–water partition coefficient (Wildman–Crippen LogP) is 19.7. The lowest BCUT2D eigenvalue weighted by Gasteiger charge is -2.21. The summed E-state index contributed by atoms with van der Waals surface area (Å²) in [6.45, 7) is 14.1. The highest BCUT2D eigenvalue weighted by molar-refractivity contribution is 7.47. The normalized spacial score (nSPS) is 14.6. The molecule has 4 unspecified atom stereocenters. The summed E-state index contributed by atoms with van der Waals surface area (Å²) in [5, 5.41) is 10.6. The Labute approximate surface area is 543 Å². The summed E-state index contributed by atoms with van der Waals surface area (Å²) >= 11 is 0. The van der Waals surface area contributed by atoms with Crippen LogP contribution in [0.15, 0.2) is 0 Å². The van der Waals surface area contributed by atoms with Crippen LogP contribution < -0.4 is 0 Å². The molecule has 0 aliphatic rings. The molecule has 89 heavy (non-hydrogen) atoms. The minimum atomic E-state index is -4.95. The lowest BCUT2D eigenvalue weighted by molar-refractivity contribution is -0.161. The Kier molecular flexibility index (Phi) is 58.5. The molecule has 0 heterocycles. The van der Waals surface area contributed by atoms with Crippen molar-refractivity contribution in [2.45, 2.75) is 363 Å². The molecule has 0 aromatic carbocycles. The Balaban J connectivity index is 5.23. The number of hydrogen-bond acceptors (Lipinski definition) is 15. The molecule has 0 aliphatic carbocycles. The molecule has 0 spiro atoms. The maximum atomic E-state index is 13.0. The van der Waals surface area contributed by atoms with Gasteiger partial charge in [0.15, 0.2) is 12.2 Å². The highest BCUT2D eigenvalue weighted by atomic mass is 31.2. The van der Waals surface area contributed by atoms with Crippen molar-refractivity contribution in [3.8, 4) is 0 Å². The zero-order chi connectivity index (χ0) is 66.1. The SMILES string of the molecule is CCC(C)CCCCCCCCCCCCC(=O)O[C@H](COC(=O)CCCCCCCCCC(C)C)COP(=O)(O)OCC(O)COP(=O)(O)OC[C@@H](COC(=O)CCCCCCCCC(C)C)OC(=O)CCCCCCCCCCCCCCCC(C)C. The summed E-state index contributed by atoms with van der Waals surface area (Å²) in [4.78, 5) is 72.5. The van der Waals surface area contributed by atoms with Crippen molar-refractivity contribution in [3.05, 3.63) is 0 Å². The van der Waals surface area contributed by atoms with Gasteiger partial charge in [0, 0.05) is 25.7 Å². The first-order valence-corrected chi connectivity index (χ1v) is 39.2. The molecule has 0 bridgehead atoms. The van der Waals surface area contributed by atoms with E-state index in [-0.39, 0.29) is 25.7 Å². The molecule has 0 saturated carbocycles. The zero-order valence-corrected chi connectivity index (χ0v) is 59.8. The molecule has 0 rings (SSSR count). The Hall–Kier alpha value is -1.94. The second-order valence-electron chi connectivity index (χ2n) is 26.9. The molecule has 0 aromatic rings. The minimum absolute atomic E-state index is 0.105. The van der Waals surface area contributed by atoms with E-state index in [4.69, 9.17) is 37.0 Å². The van der Waals surface area contributed by atoms with Crippen LogP contribution >= 0.6 is 15.6 Å². The van der Waals surface area contributed by atoms with E-state index in [1.165, 1.54) is 135 Å². The average Bonchev–Trinajstić information content (AvgIpc) is 3.65. The Bertz CT molecular complexity index is 1770. The van der Waals surface area contributed by atoms with Gasteiger partial charge >= 0.3 is 39.5 Å². The third-order valence-electron chi connectivity index (χ3n) is 16.4. The van der Waals surface area contributed by atoms with E-state index in [0.717, 1.165) is 115 Å². The number of carbonyl (C=O) groups is 4. The summed E-state index contributed by atoms with van der Waals surface area (Å²) in [5.41, 5.74) is 0. The van der Waals surface area contributed by atoms with Crippen LogP contribution in [0.4, 0.5) is 0 Å². The van der Waals surface area contributed by atoms with Gasteiger partial charge < -0.3 is 33.8 Å². The number of ether oxygens (including phenoxy) is 4. The molecule has 0 amide bonds. The standard InChI is InChI=1S/C70H136O17P2/c1-9-63(8)49-41-33-24-18-15-16-20-26-37-45-53-70(75)86-65(56-80-67(72)50-42-34-27-21-23-31-39-47-61(4)5)58-84-88(76,77)82-54-64(71)55-83-89(78,79)85-59-66(57-81-68(73)51-43-35-29-28-32-40-48-62(6)7)87-69(74)52-44-36-25-19-14-12-10-11-13-17-22-30-38-46-60(2)3/h60-66,71H,9-59H2,1-8H3,(H,76,77)(H,78,79)/t63?,64?,65-,66-/m1/s1. The van der Waals surface area contributed by atoms with Crippen LogP contribution in [-0.4, -0.2) is 96.7 Å². The van der Waals surface area contributed by atoms with Crippen molar-refractivity contribution in [2.75, 3.05) is 39.6 Å². The topological polar surface area (TPSA) is 237 Å².